The summed E-state index contributed by atoms with van der Waals surface area (Å²) < 4.78 is 18.6. The maximum Gasteiger partial charge on any atom is 0.229 e. The molecule has 0 unspecified atom stereocenters. The molecule has 1 atom stereocenters. The summed E-state index contributed by atoms with van der Waals surface area (Å²) in [5, 5.41) is 0. The molecule has 0 saturated carbocycles. The number of likely N-dealkylation sites (tertiary alicyclic amines) is 2. The zero-order valence-corrected chi connectivity index (χ0v) is 19.5. The van der Waals surface area contributed by atoms with Crippen molar-refractivity contribution in [3.63, 3.8) is 0 Å². The second-order valence-electron chi connectivity index (χ2n) is 8.90. The Kier molecular flexibility index (Phi) is 8.15. The minimum atomic E-state index is -0.244. The fourth-order valence-electron chi connectivity index (χ4n) is 4.89. The Labute approximate surface area is 196 Å². The Hall–Kier alpha value is -2.15. The standard InChI is InChI=1S/C25H32FN3O2.ClH/c1-31-22-7-5-19(6-8-22)18-29-16-12-25(24(29)30)10-14-28(15-11-25)13-9-23(27)20-3-2-4-21(26)17-20;/h2-8,17,23H,9-16,18,27H2,1H3;1H/t23-;/m0./s1. The van der Waals surface area contributed by atoms with Gasteiger partial charge in [0.25, 0.3) is 0 Å². The van der Waals surface area contributed by atoms with Gasteiger partial charge in [0.1, 0.15) is 11.6 Å². The molecule has 2 fully saturated rings. The maximum atomic E-state index is 13.4. The van der Waals surface area contributed by atoms with E-state index in [0.29, 0.717) is 12.5 Å². The zero-order valence-electron chi connectivity index (χ0n) is 18.6. The molecular weight excluding hydrogens is 429 g/mol. The number of piperidine rings is 1. The molecule has 1 amide bonds. The molecule has 2 N–H and O–H groups in total. The minimum absolute atomic E-state index is 0. The van der Waals surface area contributed by atoms with Crippen molar-refractivity contribution < 1.29 is 13.9 Å². The summed E-state index contributed by atoms with van der Waals surface area (Å²) >= 11 is 0. The highest BCUT2D eigenvalue weighted by molar-refractivity contribution is 5.85. The first-order valence-electron chi connectivity index (χ1n) is 11.1. The number of amides is 1. The van der Waals surface area contributed by atoms with E-state index in [1.165, 1.54) is 12.1 Å². The van der Waals surface area contributed by atoms with E-state index in [1.807, 2.05) is 35.2 Å². The lowest BCUT2D eigenvalue weighted by Gasteiger charge is -2.38. The van der Waals surface area contributed by atoms with Gasteiger partial charge in [-0.3, -0.25) is 4.79 Å². The van der Waals surface area contributed by atoms with Gasteiger partial charge >= 0.3 is 0 Å². The number of ether oxygens (including phenoxy) is 1. The topological polar surface area (TPSA) is 58.8 Å². The van der Waals surface area contributed by atoms with Crippen molar-refractivity contribution in [2.24, 2.45) is 11.1 Å². The van der Waals surface area contributed by atoms with E-state index >= 15 is 0 Å². The Morgan fingerprint density at radius 3 is 2.44 bits per heavy atom. The summed E-state index contributed by atoms with van der Waals surface area (Å²) in [6.45, 7) is 4.19. The second kappa shape index (κ2) is 10.6. The zero-order chi connectivity index (χ0) is 21.8. The molecule has 0 aromatic heterocycles. The third-order valence-electron chi connectivity index (χ3n) is 6.98. The lowest BCUT2D eigenvalue weighted by atomic mass is 9.77. The highest BCUT2D eigenvalue weighted by Crippen LogP contribution is 2.42. The summed E-state index contributed by atoms with van der Waals surface area (Å²) in [6, 6.07) is 14.3. The van der Waals surface area contributed by atoms with Crippen molar-refractivity contribution in [1.29, 1.82) is 0 Å². The Morgan fingerprint density at radius 2 is 1.78 bits per heavy atom. The number of carbonyl (C=O) groups is 1. The fourth-order valence-corrected chi connectivity index (χ4v) is 4.89. The summed E-state index contributed by atoms with van der Waals surface area (Å²) in [5.74, 6) is 0.892. The molecule has 2 aromatic rings. The third kappa shape index (κ3) is 5.42. The molecule has 5 nitrogen and oxygen atoms in total. The molecule has 2 heterocycles. The van der Waals surface area contributed by atoms with E-state index in [9.17, 15) is 9.18 Å². The molecule has 4 rings (SSSR count). The van der Waals surface area contributed by atoms with Crippen molar-refractivity contribution in [3.05, 3.63) is 65.5 Å². The molecule has 2 aliphatic rings. The highest BCUT2D eigenvalue weighted by Gasteiger charge is 2.47. The number of nitrogens with zero attached hydrogens (tertiary/aromatic N) is 2. The molecule has 32 heavy (non-hydrogen) atoms. The molecule has 2 aromatic carbocycles. The fraction of sp³-hybridized carbons (Fsp3) is 0.480. The van der Waals surface area contributed by atoms with Crippen LogP contribution < -0.4 is 10.5 Å². The number of hydrogen-bond acceptors (Lipinski definition) is 4. The van der Waals surface area contributed by atoms with Gasteiger partial charge in [-0.1, -0.05) is 24.3 Å². The molecule has 1 spiro atoms. The molecule has 174 valence electrons. The lowest BCUT2D eigenvalue weighted by molar-refractivity contribution is -0.138. The van der Waals surface area contributed by atoms with Gasteiger partial charge in [-0.15, -0.1) is 12.4 Å². The van der Waals surface area contributed by atoms with Gasteiger partial charge in [-0.05, 0) is 80.7 Å². The van der Waals surface area contributed by atoms with Crippen LogP contribution in [0.3, 0.4) is 0 Å². The molecule has 0 radical (unpaired) electrons. The molecule has 0 aliphatic carbocycles. The van der Waals surface area contributed by atoms with Gasteiger partial charge in [0, 0.05) is 19.1 Å². The van der Waals surface area contributed by atoms with Crippen molar-refractivity contribution in [2.45, 2.75) is 38.3 Å². The van der Waals surface area contributed by atoms with E-state index < -0.39 is 0 Å². The number of rotatable bonds is 7. The number of carbonyl (C=O) groups excluding carboxylic acids is 1. The van der Waals surface area contributed by atoms with E-state index in [0.717, 1.165) is 68.7 Å². The van der Waals surface area contributed by atoms with Gasteiger partial charge in [0.05, 0.1) is 12.5 Å². The second-order valence-corrected chi connectivity index (χ2v) is 8.90. The summed E-state index contributed by atoms with van der Waals surface area (Å²) in [7, 11) is 1.66. The van der Waals surface area contributed by atoms with E-state index in [4.69, 9.17) is 10.5 Å². The van der Waals surface area contributed by atoms with Crippen molar-refractivity contribution >= 4 is 18.3 Å². The van der Waals surface area contributed by atoms with E-state index in [-0.39, 0.29) is 29.7 Å². The maximum absolute atomic E-state index is 13.4. The van der Waals surface area contributed by atoms with Gasteiger partial charge in [0.2, 0.25) is 5.91 Å². The van der Waals surface area contributed by atoms with Crippen LogP contribution in [0.5, 0.6) is 5.75 Å². The van der Waals surface area contributed by atoms with Crippen LogP contribution in [0.4, 0.5) is 4.39 Å². The first-order chi connectivity index (χ1) is 15.0. The van der Waals surface area contributed by atoms with Crippen LogP contribution in [0.1, 0.15) is 42.9 Å². The predicted octanol–water partition coefficient (Wildman–Crippen LogP) is 4.16. The number of halogens is 2. The van der Waals surface area contributed by atoms with Gasteiger partial charge in [-0.2, -0.15) is 0 Å². The highest BCUT2D eigenvalue weighted by atomic mass is 35.5. The van der Waals surface area contributed by atoms with Gasteiger partial charge < -0.3 is 20.3 Å². The molecule has 7 heteroatoms. The Morgan fingerprint density at radius 1 is 1.09 bits per heavy atom. The van der Waals surface area contributed by atoms with Crippen LogP contribution in [0.25, 0.3) is 0 Å². The molecule has 2 aliphatic heterocycles. The lowest BCUT2D eigenvalue weighted by Crippen LogP contribution is -2.45. The van der Waals surface area contributed by atoms with Gasteiger partial charge in [0.15, 0.2) is 0 Å². The quantitative estimate of drug-likeness (QED) is 0.672. The molecular formula is C25H33ClFN3O2. The average Bonchev–Trinajstić information content (AvgIpc) is 3.09. The Bertz CT molecular complexity index is 900. The number of hydrogen-bond donors (Lipinski definition) is 1. The predicted molar refractivity (Wildman–Crippen MR) is 126 cm³/mol. The van der Waals surface area contributed by atoms with Gasteiger partial charge in [-0.25, -0.2) is 4.39 Å². The van der Waals surface area contributed by atoms with Crippen LogP contribution in [0.15, 0.2) is 48.5 Å². The third-order valence-corrected chi connectivity index (χ3v) is 6.98. The number of nitrogens with two attached hydrogens (primary N) is 1. The summed E-state index contributed by atoms with van der Waals surface area (Å²) in [5.41, 5.74) is 8.04. The largest absolute Gasteiger partial charge is 0.497 e. The van der Waals surface area contributed by atoms with Crippen LogP contribution in [-0.2, 0) is 11.3 Å². The normalized spacial score (nSPS) is 19.1. The van der Waals surface area contributed by atoms with Crippen LogP contribution in [0.2, 0.25) is 0 Å². The van der Waals surface area contributed by atoms with Crippen LogP contribution in [0, 0.1) is 11.2 Å². The first kappa shape index (κ1) is 24.5. The first-order valence-corrected chi connectivity index (χ1v) is 11.1. The minimum Gasteiger partial charge on any atom is -0.497 e. The smallest absolute Gasteiger partial charge is 0.229 e. The van der Waals surface area contributed by atoms with Crippen molar-refractivity contribution in [3.8, 4) is 5.75 Å². The van der Waals surface area contributed by atoms with Crippen molar-refractivity contribution in [2.75, 3.05) is 33.3 Å². The van der Waals surface area contributed by atoms with E-state index in [2.05, 4.69) is 4.90 Å². The molecule has 0 bridgehead atoms. The summed E-state index contributed by atoms with van der Waals surface area (Å²) in [4.78, 5) is 17.6. The monoisotopic (exact) mass is 461 g/mol. The van der Waals surface area contributed by atoms with Crippen LogP contribution >= 0.6 is 12.4 Å². The molecule has 2 saturated heterocycles. The number of methoxy groups -OCH3 is 1. The van der Waals surface area contributed by atoms with E-state index in [1.54, 1.807) is 13.2 Å². The SMILES string of the molecule is COc1ccc(CN2CCC3(CCN(CC[C@H](N)c4cccc(F)c4)CC3)C2=O)cc1.Cl. The van der Waals surface area contributed by atoms with Crippen LogP contribution in [-0.4, -0.2) is 49.0 Å². The van der Waals surface area contributed by atoms with Crippen molar-refractivity contribution in [1.82, 2.24) is 9.80 Å². The summed E-state index contributed by atoms with van der Waals surface area (Å²) in [6.07, 6.45) is 3.53. The average molecular weight is 462 g/mol. The number of benzene rings is 2. The Balaban J connectivity index is 0.00000289.